The Bertz CT molecular complexity index is 1120. The fraction of sp³-hybridized carbons (Fsp3) is 0.526. The van der Waals surface area contributed by atoms with Crippen LogP contribution in [0.5, 0.6) is 0 Å². The third-order valence-electron chi connectivity index (χ3n) is 6.15. The summed E-state index contributed by atoms with van der Waals surface area (Å²) in [6.45, 7) is 1.86. The quantitative estimate of drug-likeness (QED) is 0.378. The van der Waals surface area contributed by atoms with Crippen molar-refractivity contribution in [2.45, 2.75) is 54.8 Å². The molecule has 3 aromatic heterocycles. The van der Waals surface area contributed by atoms with E-state index in [1.165, 1.54) is 18.4 Å². The van der Waals surface area contributed by atoms with Gasteiger partial charge in [-0.3, -0.25) is 4.40 Å². The smallest absolute Gasteiger partial charge is 0.291 e. The number of imidazole rings is 1. The zero-order valence-electron chi connectivity index (χ0n) is 16.5. The number of halogens is 2. The van der Waals surface area contributed by atoms with E-state index in [4.69, 9.17) is 0 Å². The average molecular weight is 466 g/mol. The monoisotopic (exact) mass is 465 g/mol. The molecule has 3 N–H and O–H groups in total. The second-order valence-electron chi connectivity index (χ2n) is 8.37. The van der Waals surface area contributed by atoms with Crippen molar-refractivity contribution in [2.24, 2.45) is 0 Å². The number of fused-ring (bicyclic) bond motifs is 4. The number of aromatic nitrogens is 4. The molecule has 8 nitrogen and oxygen atoms in total. The highest BCUT2D eigenvalue weighted by atomic mass is 32.2. The summed E-state index contributed by atoms with van der Waals surface area (Å²) in [7, 11) is 0. The molecular formula is C19H21F2N7OS2. The third-order valence-corrected chi connectivity index (χ3v) is 8.02. The van der Waals surface area contributed by atoms with E-state index in [2.05, 4.69) is 36.2 Å². The van der Waals surface area contributed by atoms with Gasteiger partial charge in [-0.05, 0) is 43.7 Å². The molecular weight excluding hydrogens is 444 g/mol. The van der Waals surface area contributed by atoms with Gasteiger partial charge in [-0.2, -0.15) is 0 Å². The largest absolute Gasteiger partial charge is 0.375 e. The maximum Gasteiger partial charge on any atom is 0.291 e. The summed E-state index contributed by atoms with van der Waals surface area (Å²) in [6.07, 6.45) is 4.80. The number of piperazine rings is 1. The lowest BCUT2D eigenvalue weighted by Crippen LogP contribution is -2.61. The number of aliphatic hydroxyl groups is 1. The molecule has 1 saturated carbocycles. The highest BCUT2D eigenvalue weighted by molar-refractivity contribution is 7.97. The average Bonchev–Trinajstić information content (AvgIpc) is 3.17. The Morgan fingerprint density at radius 3 is 2.84 bits per heavy atom. The fourth-order valence-electron chi connectivity index (χ4n) is 4.29. The molecule has 12 heteroatoms. The highest BCUT2D eigenvalue weighted by Crippen LogP contribution is 2.39. The minimum atomic E-state index is -2.65. The number of rotatable bonds is 6. The molecule has 31 heavy (non-hydrogen) atoms. The number of nitrogens with zero attached hydrogens (tertiary/aromatic N) is 5. The van der Waals surface area contributed by atoms with Crippen LogP contribution in [0, 0.1) is 0 Å². The van der Waals surface area contributed by atoms with E-state index in [-0.39, 0.29) is 5.01 Å². The molecule has 2 bridgehead atoms. The van der Waals surface area contributed by atoms with Crippen LogP contribution < -0.4 is 14.9 Å². The number of pyridine rings is 1. The molecule has 0 aromatic carbocycles. The predicted molar refractivity (Wildman–Crippen MR) is 114 cm³/mol. The summed E-state index contributed by atoms with van der Waals surface area (Å²) in [5, 5.41) is 21.4. The zero-order valence-corrected chi connectivity index (χ0v) is 18.1. The first-order chi connectivity index (χ1) is 15.0. The standard InChI is InChI=1S/C19H21F2N7OS2/c20-15(21)17-24-25-18(30-17)16-23-7-14-13(27-8-10-1-2-11(27)6-22-10)5-12(9-28(14)16)31-26-19(29)3-4-19/h5,7,9-11,15,22,26,29H,1-4,6,8H2/t10?,11-/m1/s1. The van der Waals surface area contributed by atoms with Crippen molar-refractivity contribution in [2.75, 3.05) is 18.0 Å². The molecule has 3 aliphatic heterocycles. The summed E-state index contributed by atoms with van der Waals surface area (Å²) in [6, 6.07) is 2.99. The van der Waals surface area contributed by atoms with Crippen LogP contribution in [0.15, 0.2) is 23.4 Å². The molecule has 1 aliphatic carbocycles. The van der Waals surface area contributed by atoms with Crippen molar-refractivity contribution >= 4 is 34.5 Å². The molecule has 4 fully saturated rings. The Hall–Kier alpha value is -1.86. The van der Waals surface area contributed by atoms with Crippen molar-refractivity contribution in [3.8, 4) is 10.8 Å². The zero-order chi connectivity index (χ0) is 21.2. The molecule has 3 aromatic rings. The minimum Gasteiger partial charge on any atom is -0.375 e. The molecule has 0 amide bonds. The molecule has 4 aliphatic rings. The van der Waals surface area contributed by atoms with Crippen molar-refractivity contribution in [3.63, 3.8) is 0 Å². The van der Waals surface area contributed by atoms with Crippen LogP contribution in [0.3, 0.4) is 0 Å². The van der Waals surface area contributed by atoms with Gasteiger partial charge in [0.1, 0.15) is 5.72 Å². The lowest BCUT2D eigenvalue weighted by Gasteiger charge is -2.47. The van der Waals surface area contributed by atoms with Crippen LogP contribution in [0.1, 0.15) is 37.1 Å². The maximum absolute atomic E-state index is 13.0. The maximum atomic E-state index is 13.0. The summed E-state index contributed by atoms with van der Waals surface area (Å²) in [5.74, 6) is 0.494. The van der Waals surface area contributed by atoms with Crippen LogP contribution >= 0.6 is 23.3 Å². The van der Waals surface area contributed by atoms with Gasteiger partial charge in [0.2, 0.25) is 0 Å². The Kier molecular flexibility index (Phi) is 4.69. The number of hydrogen-bond donors (Lipinski definition) is 3. The van der Waals surface area contributed by atoms with Gasteiger partial charge in [0.05, 0.1) is 17.4 Å². The van der Waals surface area contributed by atoms with Gasteiger partial charge in [-0.15, -0.1) is 10.2 Å². The number of anilines is 1. The van der Waals surface area contributed by atoms with Crippen LogP contribution in [0.4, 0.5) is 14.5 Å². The second-order valence-corrected chi connectivity index (χ2v) is 10.3. The molecule has 1 unspecified atom stereocenters. The first-order valence-corrected chi connectivity index (χ1v) is 11.9. The SMILES string of the molecule is OC1(NSc2cc(N3CC4CC[C@@H]3CN4)c3cnc(-c4nnc(C(F)F)s4)n3c2)CC1. The van der Waals surface area contributed by atoms with Gasteiger partial charge in [-0.1, -0.05) is 11.3 Å². The molecule has 0 radical (unpaired) electrons. The van der Waals surface area contributed by atoms with Gasteiger partial charge in [0, 0.05) is 36.3 Å². The van der Waals surface area contributed by atoms with Gasteiger partial charge >= 0.3 is 0 Å². The number of hydrogen-bond acceptors (Lipinski definition) is 9. The molecule has 7 rings (SSSR count). The van der Waals surface area contributed by atoms with Crippen molar-refractivity contribution < 1.29 is 13.9 Å². The van der Waals surface area contributed by atoms with E-state index in [1.54, 1.807) is 6.20 Å². The molecule has 0 spiro atoms. The fourth-order valence-corrected chi connectivity index (χ4v) is 5.82. The molecule has 3 saturated heterocycles. The minimum absolute atomic E-state index is 0.311. The Balaban J connectivity index is 1.44. The lowest BCUT2D eigenvalue weighted by molar-refractivity contribution is 0.142. The van der Waals surface area contributed by atoms with Crippen molar-refractivity contribution in [1.82, 2.24) is 29.6 Å². The summed E-state index contributed by atoms with van der Waals surface area (Å²) in [5.41, 5.74) is 1.16. The van der Waals surface area contributed by atoms with Crippen LogP contribution in [-0.4, -0.2) is 55.6 Å². The van der Waals surface area contributed by atoms with E-state index in [1.807, 2.05) is 10.6 Å². The summed E-state index contributed by atoms with van der Waals surface area (Å²) in [4.78, 5) is 7.86. The highest BCUT2D eigenvalue weighted by Gasteiger charge is 2.40. The van der Waals surface area contributed by atoms with E-state index < -0.39 is 12.2 Å². The molecule has 6 heterocycles. The lowest BCUT2D eigenvalue weighted by atomic mass is 9.92. The Labute approximate surface area is 185 Å². The van der Waals surface area contributed by atoms with Gasteiger partial charge < -0.3 is 15.3 Å². The first-order valence-electron chi connectivity index (χ1n) is 10.3. The number of nitrogens with one attached hydrogen (secondary N) is 2. The van der Waals surface area contributed by atoms with E-state index in [9.17, 15) is 13.9 Å². The van der Waals surface area contributed by atoms with E-state index in [0.29, 0.717) is 22.9 Å². The van der Waals surface area contributed by atoms with E-state index >= 15 is 0 Å². The number of alkyl halides is 2. The van der Waals surface area contributed by atoms with Gasteiger partial charge in [0.25, 0.3) is 6.43 Å². The summed E-state index contributed by atoms with van der Waals surface area (Å²) >= 11 is 2.24. The normalized spacial score (nSPS) is 24.5. The first kappa shape index (κ1) is 19.8. The van der Waals surface area contributed by atoms with Gasteiger partial charge in [-0.25, -0.2) is 18.5 Å². The third kappa shape index (κ3) is 3.59. The van der Waals surface area contributed by atoms with Crippen LogP contribution in [0.25, 0.3) is 16.3 Å². The molecule has 164 valence electrons. The molecule has 2 atom stereocenters. The van der Waals surface area contributed by atoms with E-state index in [0.717, 1.165) is 59.8 Å². The van der Waals surface area contributed by atoms with Crippen LogP contribution in [-0.2, 0) is 0 Å². The van der Waals surface area contributed by atoms with Crippen LogP contribution in [0.2, 0.25) is 0 Å². The van der Waals surface area contributed by atoms with Crippen molar-refractivity contribution in [1.29, 1.82) is 0 Å². The topological polar surface area (TPSA) is 90.6 Å². The van der Waals surface area contributed by atoms with Crippen molar-refractivity contribution in [3.05, 3.63) is 23.5 Å². The second kappa shape index (κ2) is 7.34. The number of piperidine rings is 2. The Morgan fingerprint density at radius 2 is 2.19 bits per heavy atom. The Morgan fingerprint density at radius 1 is 1.32 bits per heavy atom. The predicted octanol–water partition coefficient (Wildman–Crippen LogP) is 2.81. The summed E-state index contributed by atoms with van der Waals surface area (Å²) < 4.78 is 31.1. The van der Waals surface area contributed by atoms with Gasteiger partial charge in [0.15, 0.2) is 15.8 Å².